The van der Waals surface area contributed by atoms with Crippen molar-refractivity contribution in [2.45, 2.75) is 32.7 Å². The number of H-pyrrole nitrogens is 1. The minimum absolute atomic E-state index is 0.0496. The van der Waals surface area contributed by atoms with E-state index in [1.807, 2.05) is 13.8 Å². The minimum Gasteiger partial charge on any atom is -0.391 e. The largest absolute Gasteiger partial charge is 0.416 e. The number of fused-ring (bicyclic) bond motifs is 1. The predicted molar refractivity (Wildman–Crippen MR) is 91.6 cm³/mol. The van der Waals surface area contributed by atoms with E-state index in [1.165, 1.54) is 16.8 Å². The number of alkyl halides is 3. The monoisotopic (exact) mass is 365 g/mol. The van der Waals surface area contributed by atoms with Gasteiger partial charge in [-0.25, -0.2) is 9.78 Å². The van der Waals surface area contributed by atoms with Gasteiger partial charge >= 0.3 is 11.9 Å². The van der Waals surface area contributed by atoms with Crippen molar-refractivity contribution in [3.8, 4) is 11.1 Å². The molecule has 5 nitrogen and oxygen atoms in total. The van der Waals surface area contributed by atoms with E-state index in [1.54, 1.807) is 12.1 Å². The minimum atomic E-state index is -4.44. The van der Waals surface area contributed by atoms with E-state index in [4.69, 9.17) is 0 Å². The summed E-state index contributed by atoms with van der Waals surface area (Å²) in [7, 11) is 0. The number of hydrogen-bond acceptors (Lipinski definition) is 3. The van der Waals surface area contributed by atoms with Gasteiger partial charge in [-0.05, 0) is 29.7 Å². The van der Waals surface area contributed by atoms with Crippen molar-refractivity contribution in [2.24, 2.45) is 5.92 Å². The van der Waals surface area contributed by atoms with Crippen molar-refractivity contribution in [3.63, 3.8) is 0 Å². The first-order valence-corrected chi connectivity index (χ1v) is 8.11. The standard InChI is InChI=1S/C18H18F3N3O2/c1-10(2)15(25)9-24-14-7-12(8-22-16(14)23-17(24)26)11-4-3-5-13(6-11)18(19,20)21/h3-8,10,15,25H,9H2,1-2H3,(H,22,23,26)/t15-/m0/s1. The zero-order valence-electron chi connectivity index (χ0n) is 14.2. The molecule has 1 atom stereocenters. The number of pyridine rings is 1. The zero-order valence-corrected chi connectivity index (χ0v) is 14.2. The third-order valence-corrected chi connectivity index (χ3v) is 4.29. The Kier molecular flexibility index (Phi) is 4.62. The maximum Gasteiger partial charge on any atom is 0.416 e. The molecular formula is C18H18F3N3O2. The third kappa shape index (κ3) is 3.50. The van der Waals surface area contributed by atoms with Gasteiger partial charge in [0.05, 0.1) is 23.7 Å². The predicted octanol–water partition coefficient (Wildman–Crippen LogP) is 3.43. The highest BCUT2D eigenvalue weighted by Crippen LogP contribution is 2.32. The summed E-state index contributed by atoms with van der Waals surface area (Å²) in [6.45, 7) is 3.73. The number of aliphatic hydroxyl groups is 1. The molecule has 0 saturated carbocycles. The van der Waals surface area contributed by atoms with Crippen LogP contribution < -0.4 is 5.69 Å². The van der Waals surface area contributed by atoms with E-state index in [0.717, 1.165) is 12.1 Å². The Morgan fingerprint density at radius 1 is 1.23 bits per heavy atom. The summed E-state index contributed by atoms with van der Waals surface area (Å²) >= 11 is 0. The lowest BCUT2D eigenvalue weighted by molar-refractivity contribution is -0.137. The van der Waals surface area contributed by atoms with Crippen molar-refractivity contribution in [3.05, 3.63) is 52.6 Å². The van der Waals surface area contributed by atoms with Crippen LogP contribution in [0.5, 0.6) is 0 Å². The van der Waals surface area contributed by atoms with E-state index >= 15 is 0 Å². The number of halogens is 3. The van der Waals surface area contributed by atoms with E-state index < -0.39 is 23.5 Å². The molecule has 0 saturated heterocycles. The van der Waals surface area contributed by atoms with Gasteiger partial charge < -0.3 is 5.11 Å². The van der Waals surface area contributed by atoms with Crippen LogP contribution in [0, 0.1) is 5.92 Å². The number of benzene rings is 1. The average molecular weight is 365 g/mol. The number of nitrogens with zero attached hydrogens (tertiary/aromatic N) is 2. The molecule has 0 aliphatic carbocycles. The van der Waals surface area contributed by atoms with Gasteiger partial charge in [0.15, 0.2) is 5.65 Å². The summed E-state index contributed by atoms with van der Waals surface area (Å²) in [5.74, 6) is -0.0496. The van der Waals surface area contributed by atoms with Crippen molar-refractivity contribution < 1.29 is 18.3 Å². The van der Waals surface area contributed by atoms with Crippen molar-refractivity contribution in [1.29, 1.82) is 0 Å². The fourth-order valence-corrected chi connectivity index (χ4v) is 2.65. The molecule has 2 aromatic heterocycles. The van der Waals surface area contributed by atoms with E-state index in [9.17, 15) is 23.1 Å². The number of nitrogens with one attached hydrogen (secondary N) is 1. The number of aliphatic hydroxyl groups excluding tert-OH is 1. The molecule has 0 amide bonds. The summed E-state index contributed by atoms with van der Waals surface area (Å²) in [6, 6.07) is 6.52. The zero-order chi connectivity index (χ0) is 19.1. The van der Waals surface area contributed by atoms with Crippen LogP contribution in [-0.2, 0) is 12.7 Å². The summed E-state index contributed by atoms with van der Waals surface area (Å²) in [5, 5.41) is 10.1. The fourth-order valence-electron chi connectivity index (χ4n) is 2.65. The molecular weight excluding hydrogens is 347 g/mol. The molecule has 26 heavy (non-hydrogen) atoms. The second kappa shape index (κ2) is 6.60. The molecule has 138 valence electrons. The topological polar surface area (TPSA) is 70.9 Å². The lowest BCUT2D eigenvalue weighted by Crippen LogP contribution is -2.27. The smallest absolute Gasteiger partial charge is 0.391 e. The second-order valence-electron chi connectivity index (χ2n) is 6.52. The molecule has 2 heterocycles. The number of imidazole rings is 1. The van der Waals surface area contributed by atoms with Gasteiger partial charge in [0.2, 0.25) is 0 Å². The summed E-state index contributed by atoms with van der Waals surface area (Å²) in [6.07, 6.45) is -3.76. The molecule has 0 aliphatic rings. The van der Waals surface area contributed by atoms with Crippen molar-refractivity contribution in [2.75, 3.05) is 0 Å². The Labute approximate surface area is 147 Å². The summed E-state index contributed by atoms with van der Waals surface area (Å²) in [5.41, 5.74) is 0.380. The Bertz CT molecular complexity index is 989. The number of aromatic amines is 1. The summed E-state index contributed by atoms with van der Waals surface area (Å²) < 4.78 is 40.1. The molecule has 0 unspecified atom stereocenters. The Hall–Kier alpha value is -2.61. The van der Waals surface area contributed by atoms with Crippen molar-refractivity contribution in [1.82, 2.24) is 14.5 Å². The van der Waals surface area contributed by atoms with Crippen LogP contribution in [0.4, 0.5) is 13.2 Å². The SMILES string of the molecule is CC(C)[C@@H](O)Cn1c(=O)[nH]c2ncc(-c3cccc(C(F)(F)F)c3)cc21. The Morgan fingerprint density at radius 2 is 1.96 bits per heavy atom. The average Bonchev–Trinajstić information content (AvgIpc) is 2.89. The molecule has 3 aromatic rings. The Morgan fingerprint density at radius 3 is 2.62 bits per heavy atom. The van der Waals surface area contributed by atoms with Crippen LogP contribution in [0.25, 0.3) is 22.3 Å². The van der Waals surface area contributed by atoms with Crippen LogP contribution in [0.1, 0.15) is 19.4 Å². The quantitative estimate of drug-likeness (QED) is 0.744. The van der Waals surface area contributed by atoms with Gasteiger partial charge in [-0.1, -0.05) is 26.0 Å². The molecule has 2 N–H and O–H groups in total. The normalized spacial score (nSPS) is 13.5. The number of aromatic nitrogens is 3. The maximum atomic E-state index is 12.9. The number of rotatable bonds is 4. The highest BCUT2D eigenvalue weighted by atomic mass is 19.4. The number of hydrogen-bond donors (Lipinski definition) is 2. The molecule has 0 fully saturated rings. The molecule has 3 rings (SSSR count). The van der Waals surface area contributed by atoms with Gasteiger partial charge in [0, 0.05) is 11.8 Å². The first-order chi connectivity index (χ1) is 12.2. The van der Waals surface area contributed by atoms with E-state index in [2.05, 4.69) is 9.97 Å². The second-order valence-corrected chi connectivity index (χ2v) is 6.52. The van der Waals surface area contributed by atoms with Crippen LogP contribution in [0.3, 0.4) is 0 Å². The lowest BCUT2D eigenvalue weighted by Gasteiger charge is -2.15. The van der Waals surface area contributed by atoms with Crippen molar-refractivity contribution >= 4 is 11.2 Å². The highest BCUT2D eigenvalue weighted by Gasteiger charge is 2.30. The fraction of sp³-hybridized carbons (Fsp3) is 0.333. The Balaban J connectivity index is 2.08. The molecule has 0 radical (unpaired) electrons. The molecule has 0 aliphatic heterocycles. The first-order valence-electron chi connectivity index (χ1n) is 8.11. The van der Waals surface area contributed by atoms with Gasteiger partial charge in [-0.3, -0.25) is 9.55 Å². The molecule has 1 aromatic carbocycles. The van der Waals surface area contributed by atoms with Crippen LogP contribution in [0.2, 0.25) is 0 Å². The highest BCUT2D eigenvalue weighted by molar-refractivity contribution is 5.78. The van der Waals surface area contributed by atoms with Gasteiger partial charge in [-0.2, -0.15) is 13.2 Å². The third-order valence-electron chi connectivity index (χ3n) is 4.29. The van der Waals surface area contributed by atoms with Gasteiger partial charge in [0.1, 0.15) is 0 Å². The van der Waals surface area contributed by atoms with Crippen LogP contribution in [0.15, 0.2) is 41.3 Å². The van der Waals surface area contributed by atoms with E-state index in [-0.39, 0.29) is 12.5 Å². The first kappa shape index (κ1) is 18.2. The molecule has 0 spiro atoms. The van der Waals surface area contributed by atoms with Crippen LogP contribution in [-0.4, -0.2) is 25.7 Å². The lowest BCUT2D eigenvalue weighted by atomic mass is 10.0. The molecule has 8 heteroatoms. The molecule has 0 bridgehead atoms. The van der Waals surface area contributed by atoms with E-state index in [0.29, 0.717) is 22.3 Å². The maximum absolute atomic E-state index is 12.9. The van der Waals surface area contributed by atoms with Crippen LogP contribution >= 0.6 is 0 Å². The van der Waals surface area contributed by atoms with Gasteiger partial charge in [0.25, 0.3) is 0 Å². The van der Waals surface area contributed by atoms with Gasteiger partial charge in [-0.15, -0.1) is 0 Å². The summed E-state index contributed by atoms with van der Waals surface area (Å²) in [4.78, 5) is 18.9.